The molecular formula is C18H27N3O. The zero-order valence-corrected chi connectivity index (χ0v) is 13.5. The molecule has 2 fully saturated rings. The maximum absolute atomic E-state index is 12.8. The second-order valence-electron chi connectivity index (χ2n) is 6.80. The van der Waals surface area contributed by atoms with E-state index < -0.39 is 0 Å². The zero-order chi connectivity index (χ0) is 15.5. The van der Waals surface area contributed by atoms with Gasteiger partial charge >= 0.3 is 0 Å². The first kappa shape index (κ1) is 15.3. The Balaban J connectivity index is 1.74. The van der Waals surface area contributed by atoms with E-state index in [-0.39, 0.29) is 11.9 Å². The van der Waals surface area contributed by atoms with Crippen molar-refractivity contribution in [2.24, 2.45) is 5.73 Å². The molecule has 22 heavy (non-hydrogen) atoms. The maximum Gasteiger partial charge on any atom is 0.253 e. The lowest BCUT2D eigenvalue weighted by Crippen LogP contribution is -2.41. The van der Waals surface area contributed by atoms with Gasteiger partial charge in [-0.1, -0.05) is 11.6 Å². The number of nitrogens with two attached hydrogens (primary N) is 1. The minimum absolute atomic E-state index is 0.0751. The van der Waals surface area contributed by atoms with Crippen LogP contribution in [0.3, 0.4) is 0 Å². The number of nitrogens with one attached hydrogen (secondary N) is 1. The van der Waals surface area contributed by atoms with Crippen molar-refractivity contribution in [2.75, 3.05) is 18.0 Å². The van der Waals surface area contributed by atoms with Crippen molar-refractivity contribution in [1.29, 1.82) is 0 Å². The summed E-state index contributed by atoms with van der Waals surface area (Å²) in [5.41, 5.74) is 9.01. The van der Waals surface area contributed by atoms with Crippen LogP contribution >= 0.6 is 0 Å². The van der Waals surface area contributed by atoms with E-state index in [0.29, 0.717) is 6.04 Å². The van der Waals surface area contributed by atoms with Crippen LogP contribution in [0, 0.1) is 6.92 Å². The van der Waals surface area contributed by atoms with Crippen molar-refractivity contribution in [3.05, 3.63) is 29.3 Å². The molecule has 120 valence electrons. The predicted octanol–water partition coefficient (Wildman–Crippen LogP) is 2.59. The number of carbonyl (C=O) groups is 1. The van der Waals surface area contributed by atoms with Gasteiger partial charge in [-0.2, -0.15) is 0 Å². The van der Waals surface area contributed by atoms with E-state index in [1.807, 2.05) is 13.0 Å². The van der Waals surface area contributed by atoms with Gasteiger partial charge in [0, 0.05) is 30.9 Å². The molecule has 0 aromatic heterocycles. The molecule has 1 saturated carbocycles. The molecule has 1 heterocycles. The molecule has 1 aromatic carbocycles. The van der Waals surface area contributed by atoms with E-state index in [0.717, 1.165) is 55.6 Å². The van der Waals surface area contributed by atoms with Gasteiger partial charge in [0.2, 0.25) is 0 Å². The number of benzene rings is 1. The summed E-state index contributed by atoms with van der Waals surface area (Å²) < 4.78 is 0. The average molecular weight is 301 g/mol. The first-order valence-electron chi connectivity index (χ1n) is 8.55. The molecule has 3 N–H and O–H groups in total. The molecule has 0 spiro atoms. The minimum Gasteiger partial charge on any atom is -0.371 e. The summed E-state index contributed by atoms with van der Waals surface area (Å²) in [5.74, 6) is 0.0751. The van der Waals surface area contributed by atoms with E-state index in [1.54, 1.807) is 0 Å². The molecule has 0 unspecified atom stereocenters. The summed E-state index contributed by atoms with van der Waals surface area (Å²) in [4.78, 5) is 15.1. The molecule has 1 aliphatic heterocycles. The van der Waals surface area contributed by atoms with Crippen molar-refractivity contribution in [3.8, 4) is 0 Å². The van der Waals surface area contributed by atoms with Crippen LogP contribution in [0.4, 0.5) is 5.69 Å². The van der Waals surface area contributed by atoms with E-state index in [4.69, 9.17) is 5.73 Å². The Hall–Kier alpha value is -1.55. The Morgan fingerprint density at radius 2 is 1.86 bits per heavy atom. The summed E-state index contributed by atoms with van der Waals surface area (Å²) in [6, 6.07) is 6.82. The molecule has 0 bridgehead atoms. The van der Waals surface area contributed by atoms with Gasteiger partial charge < -0.3 is 16.0 Å². The van der Waals surface area contributed by atoms with Crippen LogP contribution in [-0.2, 0) is 0 Å². The van der Waals surface area contributed by atoms with Gasteiger partial charge in [-0.15, -0.1) is 0 Å². The van der Waals surface area contributed by atoms with E-state index in [9.17, 15) is 4.79 Å². The number of nitrogens with zero attached hydrogens (tertiary/aromatic N) is 1. The summed E-state index contributed by atoms with van der Waals surface area (Å²) in [7, 11) is 0. The van der Waals surface area contributed by atoms with Crippen LogP contribution in [0.2, 0.25) is 0 Å². The Kier molecular flexibility index (Phi) is 4.67. The molecule has 2 aliphatic rings. The fraction of sp³-hybridized carbons (Fsp3) is 0.611. The van der Waals surface area contributed by atoms with Crippen molar-refractivity contribution in [3.63, 3.8) is 0 Å². The number of amides is 1. The van der Waals surface area contributed by atoms with Crippen molar-refractivity contribution < 1.29 is 4.79 Å². The molecular weight excluding hydrogens is 274 g/mol. The maximum atomic E-state index is 12.8. The van der Waals surface area contributed by atoms with Gasteiger partial charge in [-0.25, -0.2) is 0 Å². The molecule has 1 saturated heterocycles. The standard InChI is InChI=1S/C18H27N3O/c1-13-4-9-17(21-10-2-3-11-21)16(12-13)18(22)20-15-7-5-14(19)6-8-15/h4,9,12,14-15H,2-3,5-8,10-11,19H2,1H3,(H,20,22). The lowest BCUT2D eigenvalue weighted by atomic mass is 9.91. The van der Waals surface area contributed by atoms with Crippen LogP contribution in [0.15, 0.2) is 18.2 Å². The van der Waals surface area contributed by atoms with E-state index in [2.05, 4.69) is 22.3 Å². The first-order valence-corrected chi connectivity index (χ1v) is 8.55. The van der Waals surface area contributed by atoms with Gasteiger partial charge in [-0.05, 0) is 57.6 Å². The van der Waals surface area contributed by atoms with Gasteiger partial charge in [0.15, 0.2) is 0 Å². The third kappa shape index (κ3) is 3.43. The number of aryl methyl sites for hydroxylation is 1. The smallest absolute Gasteiger partial charge is 0.253 e. The van der Waals surface area contributed by atoms with Gasteiger partial charge in [0.05, 0.1) is 5.56 Å². The molecule has 0 radical (unpaired) electrons. The minimum atomic E-state index is 0.0751. The van der Waals surface area contributed by atoms with Gasteiger partial charge in [0.1, 0.15) is 0 Å². The third-order valence-electron chi connectivity index (χ3n) is 4.95. The Morgan fingerprint density at radius 1 is 1.18 bits per heavy atom. The molecule has 4 nitrogen and oxygen atoms in total. The number of carbonyl (C=O) groups excluding carboxylic acids is 1. The Bertz CT molecular complexity index is 529. The van der Waals surface area contributed by atoms with Crippen LogP contribution in [0.5, 0.6) is 0 Å². The molecule has 3 rings (SSSR count). The van der Waals surface area contributed by atoms with Gasteiger partial charge in [-0.3, -0.25) is 4.79 Å². The highest BCUT2D eigenvalue weighted by Crippen LogP contribution is 2.26. The van der Waals surface area contributed by atoms with E-state index in [1.165, 1.54) is 12.8 Å². The molecule has 1 amide bonds. The number of hydrogen-bond donors (Lipinski definition) is 2. The summed E-state index contributed by atoms with van der Waals surface area (Å²) in [6.45, 7) is 4.16. The molecule has 1 aliphatic carbocycles. The Labute approximate surface area is 133 Å². The van der Waals surface area contributed by atoms with Crippen LogP contribution < -0.4 is 16.0 Å². The topological polar surface area (TPSA) is 58.4 Å². The molecule has 0 atom stereocenters. The first-order chi connectivity index (χ1) is 10.6. The summed E-state index contributed by atoms with van der Waals surface area (Å²) in [6.07, 6.45) is 6.45. The lowest BCUT2D eigenvalue weighted by Gasteiger charge is -2.28. The predicted molar refractivity (Wildman–Crippen MR) is 90.3 cm³/mol. The SMILES string of the molecule is Cc1ccc(N2CCCC2)c(C(=O)NC2CCC(N)CC2)c1. The fourth-order valence-corrected chi connectivity index (χ4v) is 3.59. The highest BCUT2D eigenvalue weighted by Gasteiger charge is 2.24. The van der Waals surface area contributed by atoms with E-state index >= 15 is 0 Å². The van der Waals surface area contributed by atoms with Gasteiger partial charge in [0.25, 0.3) is 5.91 Å². The largest absolute Gasteiger partial charge is 0.371 e. The highest BCUT2D eigenvalue weighted by molar-refractivity contribution is 6.00. The zero-order valence-electron chi connectivity index (χ0n) is 13.5. The van der Waals surface area contributed by atoms with Crippen molar-refractivity contribution >= 4 is 11.6 Å². The second-order valence-corrected chi connectivity index (χ2v) is 6.80. The monoisotopic (exact) mass is 301 g/mol. The normalized spacial score (nSPS) is 25.3. The summed E-state index contributed by atoms with van der Waals surface area (Å²) >= 11 is 0. The van der Waals surface area contributed by atoms with Crippen LogP contribution in [0.25, 0.3) is 0 Å². The molecule has 1 aromatic rings. The number of rotatable bonds is 3. The quantitative estimate of drug-likeness (QED) is 0.902. The number of anilines is 1. The lowest BCUT2D eigenvalue weighted by molar-refractivity contribution is 0.0926. The van der Waals surface area contributed by atoms with Crippen LogP contribution in [-0.4, -0.2) is 31.1 Å². The second kappa shape index (κ2) is 6.69. The Morgan fingerprint density at radius 3 is 2.55 bits per heavy atom. The van der Waals surface area contributed by atoms with Crippen molar-refractivity contribution in [1.82, 2.24) is 5.32 Å². The van der Waals surface area contributed by atoms with Crippen LogP contribution in [0.1, 0.15) is 54.4 Å². The highest BCUT2D eigenvalue weighted by atomic mass is 16.1. The summed E-state index contributed by atoms with van der Waals surface area (Å²) in [5, 5.41) is 3.23. The average Bonchev–Trinajstić information content (AvgIpc) is 3.03. The fourth-order valence-electron chi connectivity index (χ4n) is 3.59. The third-order valence-corrected chi connectivity index (χ3v) is 4.95. The molecule has 4 heteroatoms. The number of hydrogen-bond acceptors (Lipinski definition) is 3. The van der Waals surface area contributed by atoms with Crippen molar-refractivity contribution in [2.45, 2.75) is 57.5 Å².